The zero-order chi connectivity index (χ0) is 10.2. The van der Waals surface area contributed by atoms with Crippen molar-refractivity contribution in [1.82, 2.24) is 9.97 Å². The van der Waals surface area contributed by atoms with Crippen molar-refractivity contribution in [1.29, 1.82) is 0 Å². The van der Waals surface area contributed by atoms with Crippen LogP contribution in [0.5, 0.6) is 0 Å². The number of rotatable bonds is 0. The van der Waals surface area contributed by atoms with Crippen LogP contribution in [-0.2, 0) is 6.18 Å². The second kappa shape index (κ2) is 2.94. The molecular weight excluding hydrogens is 193 g/mol. The minimum absolute atomic E-state index is 0.266. The Balaban J connectivity index is 2.63. The van der Waals surface area contributed by atoms with Gasteiger partial charge in [0.1, 0.15) is 12.5 Å². The quantitative estimate of drug-likeness (QED) is 0.648. The number of nitrogens with zero attached hydrogens (tertiary/aromatic N) is 2. The summed E-state index contributed by atoms with van der Waals surface area (Å²) < 4.78 is 36.8. The van der Waals surface area contributed by atoms with Crippen molar-refractivity contribution in [3.8, 4) is 0 Å². The second-order valence-electron chi connectivity index (χ2n) is 2.72. The molecule has 0 aliphatic rings. The minimum Gasteiger partial charge on any atom is -0.236 e. The Hall–Kier alpha value is -1.65. The molecule has 0 aliphatic carbocycles. The number of hydrogen-bond donors (Lipinski definition) is 0. The first kappa shape index (κ1) is 8.93. The molecule has 0 N–H and O–H groups in total. The van der Waals surface area contributed by atoms with E-state index >= 15 is 0 Å². The van der Waals surface area contributed by atoms with E-state index in [-0.39, 0.29) is 5.39 Å². The van der Waals surface area contributed by atoms with Gasteiger partial charge in [0.25, 0.3) is 0 Å². The first-order chi connectivity index (χ1) is 6.57. The monoisotopic (exact) mass is 197 g/mol. The maximum Gasteiger partial charge on any atom is 0.416 e. The predicted octanol–water partition coefficient (Wildman–Crippen LogP) is 2.45. The van der Waals surface area contributed by atoms with Crippen LogP contribution in [0.1, 0.15) is 5.56 Å². The lowest BCUT2D eigenvalue weighted by Crippen LogP contribution is -2.04. The van der Waals surface area contributed by atoms with Gasteiger partial charge < -0.3 is 0 Å². The number of hydrogen-bond acceptors (Lipinski definition) is 2. The lowest BCUT2D eigenvalue weighted by atomic mass is 10.1. The molecule has 0 amide bonds. The maximum atomic E-state index is 12.3. The summed E-state index contributed by atoms with van der Waals surface area (Å²) in [7, 11) is 0. The van der Waals surface area contributed by atoms with Crippen molar-refractivity contribution in [2.24, 2.45) is 0 Å². The molecule has 1 radical (unpaired) electrons. The Morgan fingerprint density at radius 1 is 1.21 bits per heavy atom. The van der Waals surface area contributed by atoms with Gasteiger partial charge in [0.15, 0.2) is 0 Å². The molecule has 0 saturated carbocycles. The Bertz CT molecular complexity index is 465. The zero-order valence-corrected chi connectivity index (χ0v) is 6.84. The van der Waals surface area contributed by atoms with Gasteiger partial charge in [-0.25, -0.2) is 9.97 Å². The third-order valence-electron chi connectivity index (χ3n) is 1.76. The highest BCUT2D eigenvalue weighted by Crippen LogP contribution is 2.30. The highest BCUT2D eigenvalue weighted by atomic mass is 19.4. The molecule has 2 nitrogen and oxygen atoms in total. The summed E-state index contributed by atoms with van der Waals surface area (Å²) in [6, 6.07) is 3.27. The fourth-order valence-electron chi connectivity index (χ4n) is 1.10. The van der Waals surface area contributed by atoms with Crippen molar-refractivity contribution in [3.05, 3.63) is 36.3 Å². The van der Waals surface area contributed by atoms with Crippen LogP contribution in [0.4, 0.5) is 13.2 Å². The Morgan fingerprint density at radius 2 is 2.00 bits per heavy atom. The summed E-state index contributed by atoms with van der Waals surface area (Å²) in [5.74, 6) is 0. The highest BCUT2D eigenvalue weighted by molar-refractivity contribution is 5.77. The first-order valence-electron chi connectivity index (χ1n) is 3.77. The van der Waals surface area contributed by atoms with Gasteiger partial charge in [0.2, 0.25) is 0 Å². The summed E-state index contributed by atoms with van der Waals surface area (Å²) in [5, 5.41) is 0.266. The lowest BCUT2D eigenvalue weighted by Gasteiger charge is -2.06. The molecule has 5 heteroatoms. The molecule has 0 saturated heterocycles. The molecule has 0 atom stereocenters. The average Bonchev–Trinajstić information content (AvgIpc) is 2.16. The van der Waals surface area contributed by atoms with E-state index in [2.05, 4.69) is 16.2 Å². The molecule has 1 heterocycles. The van der Waals surface area contributed by atoms with E-state index in [1.807, 2.05) is 0 Å². The molecule has 1 aromatic carbocycles. The van der Waals surface area contributed by atoms with Crippen LogP contribution < -0.4 is 0 Å². The summed E-state index contributed by atoms with van der Waals surface area (Å²) >= 11 is 0. The topological polar surface area (TPSA) is 25.8 Å². The molecular formula is C9H4F3N2. The number of alkyl halides is 3. The summed E-state index contributed by atoms with van der Waals surface area (Å²) in [6.45, 7) is 0. The number of halogens is 3. The predicted molar refractivity (Wildman–Crippen MR) is 43.4 cm³/mol. The third-order valence-corrected chi connectivity index (χ3v) is 1.76. The largest absolute Gasteiger partial charge is 0.416 e. The van der Waals surface area contributed by atoms with E-state index in [9.17, 15) is 13.2 Å². The average molecular weight is 197 g/mol. The molecule has 2 rings (SSSR count). The molecule has 0 fully saturated rings. The van der Waals surface area contributed by atoms with Crippen LogP contribution in [0.3, 0.4) is 0 Å². The summed E-state index contributed by atoms with van der Waals surface area (Å²) in [4.78, 5) is 7.33. The standard InChI is InChI=1S/C9H4F3N2/c10-9(11,12)7-1-2-8-6(3-7)4-13-5-14-8/h1-3,5H. The Labute approximate surface area is 77.4 Å². The van der Waals surface area contributed by atoms with Gasteiger partial charge in [-0.15, -0.1) is 0 Å². The van der Waals surface area contributed by atoms with Crippen molar-refractivity contribution >= 4 is 10.9 Å². The summed E-state index contributed by atoms with van der Waals surface area (Å²) in [6.07, 6.45) is -0.639. The van der Waals surface area contributed by atoms with Crippen LogP contribution in [0.15, 0.2) is 24.5 Å². The molecule has 14 heavy (non-hydrogen) atoms. The smallest absolute Gasteiger partial charge is 0.236 e. The third kappa shape index (κ3) is 1.53. The van der Waals surface area contributed by atoms with Crippen molar-refractivity contribution in [2.75, 3.05) is 0 Å². The Kier molecular flexibility index (Phi) is 1.87. The number of aromatic nitrogens is 2. The van der Waals surface area contributed by atoms with E-state index in [1.165, 1.54) is 12.4 Å². The van der Waals surface area contributed by atoms with Crippen LogP contribution in [0.25, 0.3) is 10.9 Å². The van der Waals surface area contributed by atoms with Gasteiger partial charge in [-0.3, -0.25) is 0 Å². The SMILES string of the molecule is FC(F)(F)c1ccc2ncn[c]c2c1. The second-order valence-corrected chi connectivity index (χ2v) is 2.72. The molecule has 2 aromatic rings. The van der Waals surface area contributed by atoms with E-state index in [0.717, 1.165) is 12.1 Å². The molecule has 0 aliphatic heterocycles. The normalized spacial score (nSPS) is 11.9. The van der Waals surface area contributed by atoms with Gasteiger partial charge in [0, 0.05) is 5.39 Å². The van der Waals surface area contributed by atoms with Gasteiger partial charge in [-0.1, -0.05) is 0 Å². The van der Waals surface area contributed by atoms with E-state index < -0.39 is 11.7 Å². The number of fused-ring (bicyclic) bond motifs is 1. The molecule has 0 bridgehead atoms. The van der Waals surface area contributed by atoms with Gasteiger partial charge in [-0.05, 0) is 18.2 Å². The molecule has 0 spiro atoms. The zero-order valence-electron chi connectivity index (χ0n) is 6.84. The first-order valence-corrected chi connectivity index (χ1v) is 3.77. The van der Waals surface area contributed by atoms with Gasteiger partial charge in [0.05, 0.1) is 11.1 Å². The fraction of sp³-hybridized carbons (Fsp3) is 0.111. The van der Waals surface area contributed by atoms with E-state index in [4.69, 9.17) is 0 Å². The fourth-order valence-corrected chi connectivity index (χ4v) is 1.10. The van der Waals surface area contributed by atoms with E-state index in [0.29, 0.717) is 5.52 Å². The Morgan fingerprint density at radius 3 is 2.71 bits per heavy atom. The molecule has 71 valence electrons. The van der Waals surface area contributed by atoms with Crippen molar-refractivity contribution in [2.45, 2.75) is 6.18 Å². The minimum atomic E-state index is -4.34. The van der Waals surface area contributed by atoms with Crippen LogP contribution in [0.2, 0.25) is 0 Å². The van der Waals surface area contributed by atoms with E-state index in [1.54, 1.807) is 0 Å². The molecule has 1 aromatic heterocycles. The van der Waals surface area contributed by atoms with Gasteiger partial charge >= 0.3 is 6.18 Å². The van der Waals surface area contributed by atoms with Crippen molar-refractivity contribution < 1.29 is 13.2 Å². The van der Waals surface area contributed by atoms with Gasteiger partial charge in [-0.2, -0.15) is 13.2 Å². The molecule has 0 unspecified atom stereocenters. The number of benzene rings is 1. The summed E-state index contributed by atoms with van der Waals surface area (Å²) in [5.41, 5.74) is -0.260. The van der Waals surface area contributed by atoms with Crippen molar-refractivity contribution in [3.63, 3.8) is 0 Å². The lowest BCUT2D eigenvalue weighted by molar-refractivity contribution is -0.137. The highest BCUT2D eigenvalue weighted by Gasteiger charge is 2.30. The van der Waals surface area contributed by atoms with Crippen LogP contribution in [-0.4, -0.2) is 9.97 Å². The van der Waals surface area contributed by atoms with Crippen LogP contribution in [0, 0.1) is 6.20 Å². The maximum absolute atomic E-state index is 12.3. The van der Waals surface area contributed by atoms with Crippen LogP contribution >= 0.6 is 0 Å².